The second-order valence-electron chi connectivity index (χ2n) is 2.11. The van der Waals surface area contributed by atoms with Crippen LogP contribution in [0.2, 0.25) is 0 Å². The van der Waals surface area contributed by atoms with E-state index in [1.54, 1.807) is 24.3 Å². The van der Waals surface area contributed by atoms with Crippen LogP contribution in [0.1, 0.15) is 10.9 Å². The molecule has 1 rings (SSSR count). The lowest BCUT2D eigenvalue weighted by atomic mass is 10.1. The first-order valence-corrected chi connectivity index (χ1v) is 3.57. The maximum atomic E-state index is 10.4. The average molecular weight is 171 g/mol. The van der Waals surface area contributed by atoms with E-state index in [1.165, 1.54) is 0 Å². The molecule has 0 radical (unpaired) electrons. The van der Waals surface area contributed by atoms with Crippen LogP contribution in [0.25, 0.3) is 0 Å². The van der Waals surface area contributed by atoms with Crippen LogP contribution in [-0.4, -0.2) is 11.1 Å². The number of carboxylic acid groups (broad SMARTS) is 1. The summed E-state index contributed by atoms with van der Waals surface area (Å²) >= 11 is 5.54. The highest BCUT2D eigenvalue weighted by Gasteiger charge is 2.14. The molecule has 0 amide bonds. The summed E-state index contributed by atoms with van der Waals surface area (Å²) in [5.41, 5.74) is 0.613. The molecular weight excluding hydrogens is 164 g/mol. The van der Waals surface area contributed by atoms with Gasteiger partial charge in [-0.05, 0) is 5.56 Å². The number of carboxylic acids is 1. The van der Waals surface area contributed by atoms with E-state index >= 15 is 0 Å². The van der Waals surface area contributed by atoms with Gasteiger partial charge in [-0.25, -0.2) is 0 Å². The summed E-state index contributed by atoms with van der Waals surface area (Å²) in [4.78, 5) is 10.4. The van der Waals surface area contributed by atoms with Gasteiger partial charge in [0.15, 0.2) is 5.38 Å². The van der Waals surface area contributed by atoms with Crippen LogP contribution in [-0.2, 0) is 4.79 Å². The zero-order valence-electron chi connectivity index (χ0n) is 5.70. The Morgan fingerprint density at radius 3 is 2.36 bits per heavy atom. The van der Waals surface area contributed by atoms with E-state index in [0.717, 1.165) is 0 Å². The predicted octanol–water partition coefficient (Wildman–Crippen LogP) is 2.05. The van der Waals surface area contributed by atoms with Crippen LogP contribution < -0.4 is 0 Å². The van der Waals surface area contributed by atoms with Crippen LogP contribution in [0.5, 0.6) is 0 Å². The van der Waals surface area contributed by atoms with Crippen molar-refractivity contribution in [3.05, 3.63) is 35.9 Å². The minimum atomic E-state index is -1.02. The molecule has 0 bridgehead atoms. The fraction of sp³-hybridized carbons (Fsp3) is 0.125. The SMILES string of the molecule is O=C(O)[C@@H](Cl)c1ccccc1. The zero-order valence-corrected chi connectivity index (χ0v) is 6.45. The van der Waals surface area contributed by atoms with Crippen LogP contribution in [0.4, 0.5) is 0 Å². The fourth-order valence-corrected chi connectivity index (χ4v) is 0.910. The molecule has 0 saturated carbocycles. The average Bonchev–Trinajstić information content (AvgIpc) is 2.05. The zero-order chi connectivity index (χ0) is 8.27. The quantitative estimate of drug-likeness (QED) is 0.690. The Balaban J connectivity index is 2.85. The molecule has 11 heavy (non-hydrogen) atoms. The van der Waals surface area contributed by atoms with E-state index < -0.39 is 11.3 Å². The number of hydrogen-bond acceptors (Lipinski definition) is 1. The van der Waals surface area contributed by atoms with Crippen LogP contribution in [0.3, 0.4) is 0 Å². The maximum Gasteiger partial charge on any atom is 0.326 e. The van der Waals surface area contributed by atoms with E-state index in [2.05, 4.69) is 0 Å². The van der Waals surface area contributed by atoms with Gasteiger partial charge in [-0.15, -0.1) is 11.6 Å². The normalized spacial score (nSPS) is 12.5. The van der Waals surface area contributed by atoms with Crippen molar-refractivity contribution in [3.63, 3.8) is 0 Å². The molecule has 0 spiro atoms. The number of carbonyl (C=O) groups is 1. The van der Waals surface area contributed by atoms with Crippen LogP contribution in [0, 0.1) is 0 Å². The second kappa shape index (κ2) is 3.39. The Morgan fingerprint density at radius 2 is 1.91 bits per heavy atom. The van der Waals surface area contributed by atoms with Gasteiger partial charge in [0.1, 0.15) is 0 Å². The molecule has 0 aliphatic carbocycles. The van der Waals surface area contributed by atoms with Crippen molar-refractivity contribution in [1.82, 2.24) is 0 Å². The number of hydrogen-bond donors (Lipinski definition) is 1. The van der Waals surface area contributed by atoms with Crippen molar-refractivity contribution < 1.29 is 9.90 Å². The number of aliphatic carboxylic acids is 1. The molecular formula is C8H7ClO2. The lowest BCUT2D eigenvalue weighted by Gasteiger charge is -2.01. The monoisotopic (exact) mass is 170 g/mol. The molecule has 1 aromatic rings. The summed E-state index contributed by atoms with van der Waals surface area (Å²) in [6.45, 7) is 0. The van der Waals surface area contributed by atoms with E-state index in [9.17, 15) is 4.79 Å². The highest BCUT2D eigenvalue weighted by Crippen LogP contribution is 2.19. The molecule has 0 fully saturated rings. The van der Waals surface area contributed by atoms with Crippen LogP contribution >= 0.6 is 11.6 Å². The number of rotatable bonds is 2. The van der Waals surface area contributed by atoms with Crippen molar-refractivity contribution in [2.45, 2.75) is 5.38 Å². The van der Waals surface area contributed by atoms with Gasteiger partial charge in [0, 0.05) is 0 Å². The smallest absolute Gasteiger partial charge is 0.326 e. The van der Waals surface area contributed by atoms with E-state index in [-0.39, 0.29) is 0 Å². The Bertz CT molecular complexity index is 246. The number of benzene rings is 1. The first kappa shape index (κ1) is 8.08. The maximum absolute atomic E-state index is 10.4. The van der Waals surface area contributed by atoms with E-state index in [1.807, 2.05) is 6.07 Å². The van der Waals surface area contributed by atoms with Gasteiger partial charge in [0.2, 0.25) is 0 Å². The van der Waals surface area contributed by atoms with E-state index in [0.29, 0.717) is 5.56 Å². The summed E-state index contributed by atoms with van der Waals surface area (Å²) < 4.78 is 0. The fourth-order valence-electron chi connectivity index (χ4n) is 0.765. The lowest BCUT2D eigenvalue weighted by Crippen LogP contribution is -2.04. The van der Waals surface area contributed by atoms with Gasteiger partial charge in [-0.2, -0.15) is 0 Å². The van der Waals surface area contributed by atoms with Crippen molar-refractivity contribution >= 4 is 17.6 Å². The Hall–Kier alpha value is -1.02. The van der Waals surface area contributed by atoms with Gasteiger partial charge < -0.3 is 5.11 Å². The topological polar surface area (TPSA) is 37.3 Å². The molecule has 2 nitrogen and oxygen atoms in total. The molecule has 0 heterocycles. The third-order valence-corrected chi connectivity index (χ3v) is 1.75. The minimum absolute atomic E-state index is 0.613. The Labute approximate surface area is 69.4 Å². The molecule has 0 aliphatic rings. The first-order valence-electron chi connectivity index (χ1n) is 3.13. The number of alkyl halides is 1. The molecule has 0 aromatic heterocycles. The summed E-state index contributed by atoms with van der Waals surface area (Å²) in [7, 11) is 0. The third kappa shape index (κ3) is 1.95. The lowest BCUT2D eigenvalue weighted by molar-refractivity contribution is -0.136. The van der Waals surface area contributed by atoms with Crippen molar-refractivity contribution in [2.75, 3.05) is 0 Å². The van der Waals surface area contributed by atoms with E-state index in [4.69, 9.17) is 16.7 Å². The summed E-state index contributed by atoms with van der Waals surface area (Å²) in [5.74, 6) is -1.02. The van der Waals surface area contributed by atoms with Gasteiger partial charge in [-0.3, -0.25) is 4.79 Å². The second-order valence-corrected chi connectivity index (χ2v) is 2.55. The van der Waals surface area contributed by atoms with Crippen molar-refractivity contribution in [2.24, 2.45) is 0 Å². The Kier molecular flexibility index (Phi) is 2.49. The molecule has 1 aromatic carbocycles. The third-order valence-electron chi connectivity index (χ3n) is 1.31. The molecule has 0 saturated heterocycles. The molecule has 3 heteroatoms. The highest BCUT2D eigenvalue weighted by atomic mass is 35.5. The van der Waals surface area contributed by atoms with Crippen LogP contribution in [0.15, 0.2) is 30.3 Å². The van der Waals surface area contributed by atoms with Crippen molar-refractivity contribution in [1.29, 1.82) is 0 Å². The highest BCUT2D eigenvalue weighted by molar-refractivity contribution is 6.29. The molecule has 0 aliphatic heterocycles. The summed E-state index contributed by atoms with van der Waals surface area (Å²) in [6.07, 6.45) is 0. The largest absolute Gasteiger partial charge is 0.480 e. The minimum Gasteiger partial charge on any atom is -0.480 e. The summed E-state index contributed by atoms with van der Waals surface area (Å²) in [6, 6.07) is 8.70. The Morgan fingerprint density at radius 1 is 1.36 bits per heavy atom. The standard InChI is InChI=1S/C8H7ClO2/c9-7(8(10)11)6-4-2-1-3-5-6/h1-5,7H,(H,10,11)/t7-/m0/s1. The number of halogens is 1. The predicted molar refractivity (Wildman–Crippen MR) is 42.7 cm³/mol. The summed E-state index contributed by atoms with van der Waals surface area (Å²) in [5, 5.41) is 7.57. The van der Waals surface area contributed by atoms with Gasteiger partial charge in [-0.1, -0.05) is 30.3 Å². The van der Waals surface area contributed by atoms with Gasteiger partial charge in [0.05, 0.1) is 0 Å². The van der Waals surface area contributed by atoms with Crippen molar-refractivity contribution in [3.8, 4) is 0 Å². The van der Waals surface area contributed by atoms with Gasteiger partial charge >= 0.3 is 5.97 Å². The molecule has 1 atom stereocenters. The molecule has 0 unspecified atom stereocenters. The first-order chi connectivity index (χ1) is 5.22. The molecule has 58 valence electrons. The van der Waals surface area contributed by atoms with Gasteiger partial charge in [0.25, 0.3) is 0 Å². The molecule has 1 N–H and O–H groups in total.